The zero-order valence-electron chi connectivity index (χ0n) is 18.6. The number of amides is 2. The van der Waals surface area contributed by atoms with Crippen molar-refractivity contribution in [3.8, 4) is 0 Å². The lowest BCUT2D eigenvalue weighted by Gasteiger charge is -2.32. The molecule has 0 saturated carbocycles. The summed E-state index contributed by atoms with van der Waals surface area (Å²) in [5, 5.41) is 7.78. The topological polar surface area (TPSA) is 62.2 Å². The summed E-state index contributed by atoms with van der Waals surface area (Å²) in [6, 6.07) is 22.2. The number of hydrazone groups is 1. The van der Waals surface area contributed by atoms with E-state index in [2.05, 4.69) is 15.9 Å². The molecule has 0 aromatic heterocycles. The highest BCUT2D eigenvalue weighted by Gasteiger charge is 2.72. The Kier molecular flexibility index (Phi) is 5.09. The van der Waals surface area contributed by atoms with E-state index in [1.165, 1.54) is 4.90 Å². The van der Waals surface area contributed by atoms with Gasteiger partial charge in [-0.2, -0.15) is 5.10 Å². The molecule has 0 N–H and O–H groups in total. The van der Waals surface area contributed by atoms with Crippen LogP contribution in [0.3, 0.4) is 0 Å². The third kappa shape index (κ3) is 3.03. The molecule has 6 nitrogen and oxygen atoms in total. The number of carbonyl (C=O) groups is 2. The number of hydrogen-bond donors (Lipinski definition) is 0. The Balaban J connectivity index is 1.34. The van der Waals surface area contributed by atoms with Crippen molar-refractivity contribution in [3.05, 3.63) is 92.9 Å². The first-order valence-corrected chi connectivity index (χ1v) is 13.2. The van der Waals surface area contributed by atoms with Crippen molar-refractivity contribution in [1.29, 1.82) is 0 Å². The van der Waals surface area contributed by atoms with Crippen LogP contribution in [0.25, 0.3) is 0 Å². The van der Waals surface area contributed by atoms with Crippen molar-refractivity contribution in [3.63, 3.8) is 0 Å². The zero-order valence-corrected chi connectivity index (χ0v) is 21.7. The van der Waals surface area contributed by atoms with E-state index < -0.39 is 24.0 Å². The maximum absolute atomic E-state index is 13.7. The Morgan fingerprint density at radius 2 is 1.47 bits per heavy atom. The van der Waals surface area contributed by atoms with Crippen molar-refractivity contribution in [2.24, 2.45) is 22.9 Å². The quantitative estimate of drug-likeness (QED) is 0.380. The number of halogens is 3. The molecule has 4 heterocycles. The smallest absolute Gasteiger partial charge is 0.240 e. The molecule has 4 aliphatic heterocycles. The summed E-state index contributed by atoms with van der Waals surface area (Å²) in [5.74, 6) is -1.84. The first-order valence-electron chi connectivity index (χ1n) is 11.6. The first-order chi connectivity index (χ1) is 17.5. The number of para-hydroxylation sites is 1. The number of carbonyl (C=O) groups excluding carboxylic acids is 2. The lowest BCUT2D eigenvalue weighted by molar-refractivity contribution is -0.125. The van der Waals surface area contributed by atoms with Crippen molar-refractivity contribution in [1.82, 2.24) is 0 Å². The van der Waals surface area contributed by atoms with Crippen LogP contribution in [0, 0.1) is 17.8 Å². The minimum absolute atomic E-state index is 0.222. The van der Waals surface area contributed by atoms with Crippen LogP contribution in [0.4, 0.5) is 11.4 Å². The number of rotatable bonds is 3. The van der Waals surface area contributed by atoms with Gasteiger partial charge in [-0.3, -0.25) is 14.6 Å². The summed E-state index contributed by atoms with van der Waals surface area (Å²) in [4.78, 5) is 28.7. The van der Waals surface area contributed by atoms with Gasteiger partial charge in [0.1, 0.15) is 0 Å². The van der Waals surface area contributed by atoms with Crippen LogP contribution in [-0.2, 0) is 14.3 Å². The molecule has 3 saturated heterocycles. The van der Waals surface area contributed by atoms with E-state index in [1.807, 2.05) is 59.6 Å². The summed E-state index contributed by atoms with van der Waals surface area (Å²) >= 11 is 16.4. The predicted molar refractivity (Wildman–Crippen MR) is 141 cm³/mol. The van der Waals surface area contributed by atoms with Gasteiger partial charge in [-0.25, -0.2) is 4.90 Å². The molecule has 36 heavy (non-hydrogen) atoms. The standard InChI is InChI=1S/C27H18BrCl2N3O3/c28-13-9-11-14(12-10-13)32-26(34)18-19(27(32)35)25-23-20(24(18)36-25)22(16-7-4-8-17(29)21(16)30)31-33(23)15-5-2-1-3-6-15/h1-12,18-20,23-25H/t18-,19+,20+,23-,24-,25+/m1/s1. The third-order valence-corrected chi connectivity index (χ3v) is 8.97. The summed E-state index contributed by atoms with van der Waals surface area (Å²) in [6.07, 6.45) is -0.981. The van der Waals surface area contributed by atoms with Gasteiger partial charge in [0, 0.05) is 10.0 Å². The highest BCUT2D eigenvalue weighted by Crippen LogP contribution is 2.57. The molecule has 6 atom stereocenters. The number of anilines is 2. The zero-order chi connectivity index (χ0) is 24.7. The lowest BCUT2D eigenvalue weighted by atomic mass is 9.70. The number of fused-ring (bicyclic) bond motifs is 8. The van der Waals surface area contributed by atoms with Crippen LogP contribution in [-0.4, -0.2) is 35.8 Å². The van der Waals surface area contributed by atoms with E-state index >= 15 is 0 Å². The molecular formula is C27H18BrCl2N3O3. The molecule has 0 unspecified atom stereocenters. The van der Waals surface area contributed by atoms with Gasteiger partial charge in [-0.15, -0.1) is 0 Å². The van der Waals surface area contributed by atoms with Gasteiger partial charge in [-0.1, -0.05) is 69.5 Å². The second kappa shape index (κ2) is 8.15. The molecule has 2 bridgehead atoms. The highest BCUT2D eigenvalue weighted by molar-refractivity contribution is 9.10. The van der Waals surface area contributed by atoms with E-state index in [0.717, 1.165) is 15.9 Å². The first kappa shape index (κ1) is 22.5. The van der Waals surface area contributed by atoms with Crippen molar-refractivity contribution >= 4 is 68.0 Å². The van der Waals surface area contributed by atoms with E-state index in [-0.39, 0.29) is 23.8 Å². The lowest BCUT2D eigenvalue weighted by Crippen LogP contribution is -2.50. The Bertz CT molecular complexity index is 1450. The normalized spacial score (nSPS) is 30.1. The summed E-state index contributed by atoms with van der Waals surface area (Å²) in [7, 11) is 0. The van der Waals surface area contributed by atoms with E-state index in [9.17, 15) is 9.59 Å². The number of benzene rings is 3. The Morgan fingerprint density at radius 3 is 2.19 bits per heavy atom. The van der Waals surface area contributed by atoms with Gasteiger partial charge in [0.15, 0.2) is 0 Å². The second-order valence-corrected chi connectivity index (χ2v) is 11.1. The molecule has 0 spiro atoms. The fraction of sp³-hybridized carbons (Fsp3) is 0.222. The van der Waals surface area contributed by atoms with Gasteiger partial charge in [0.2, 0.25) is 11.8 Å². The molecule has 180 valence electrons. The molecule has 4 aliphatic rings. The van der Waals surface area contributed by atoms with E-state index in [0.29, 0.717) is 21.3 Å². The second-order valence-electron chi connectivity index (χ2n) is 9.39. The number of imide groups is 1. The van der Waals surface area contributed by atoms with Crippen LogP contribution in [0.15, 0.2) is 82.4 Å². The van der Waals surface area contributed by atoms with Crippen LogP contribution < -0.4 is 9.91 Å². The maximum atomic E-state index is 13.7. The van der Waals surface area contributed by atoms with Crippen LogP contribution in [0.1, 0.15) is 5.56 Å². The van der Waals surface area contributed by atoms with Crippen molar-refractivity contribution in [2.75, 3.05) is 9.91 Å². The van der Waals surface area contributed by atoms with Gasteiger partial charge in [-0.05, 0) is 42.5 Å². The molecule has 0 aliphatic carbocycles. The average Bonchev–Trinajstić information content (AvgIpc) is 3.62. The summed E-state index contributed by atoms with van der Waals surface area (Å²) in [5.41, 5.74) is 2.89. The molecule has 3 aromatic carbocycles. The highest BCUT2D eigenvalue weighted by atomic mass is 79.9. The van der Waals surface area contributed by atoms with Crippen LogP contribution in [0.5, 0.6) is 0 Å². The third-order valence-electron chi connectivity index (χ3n) is 7.63. The number of nitrogens with zero attached hydrogens (tertiary/aromatic N) is 3. The minimum atomic E-state index is -0.578. The SMILES string of the molecule is O=C1[C@@H]2[C@@H]3O[C@@H]([C@H]4C(c5cccc(Cl)c5Cl)=NN(c5ccccc5)[C@@H]34)[C@@H]2C(=O)N1c1ccc(Br)cc1. The van der Waals surface area contributed by atoms with E-state index in [1.54, 1.807) is 18.2 Å². The Labute approximate surface area is 225 Å². The van der Waals surface area contributed by atoms with Crippen molar-refractivity contribution < 1.29 is 14.3 Å². The Morgan fingerprint density at radius 1 is 0.778 bits per heavy atom. The number of ether oxygens (including phenoxy) is 1. The molecule has 3 aromatic rings. The average molecular weight is 583 g/mol. The molecule has 7 rings (SSSR count). The van der Waals surface area contributed by atoms with Gasteiger partial charge >= 0.3 is 0 Å². The number of hydrogen-bond acceptors (Lipinski definition) is 5. The summed E-state index contributed by atoms with van der Waals surface area (Å²) in [6.45, 7) is 0. The molecule has 2 amide bonds. The molecular weight excluding hydrogens is 565 g/mol. The fourth-order valence-corrected chi connectivity index (χ4v) is 6.86. The van der Waals surface area contributed by atoms with Crippen molar-refractivity contribution in [2.45, 2.75) is 18.2 Å². The van der Waals surface area contributed by atoms with Gasteiger partial charge < -0.3 is 4.74 Å². The van der Waals surface area contributed by atoms with E-state index in [4.69, 9.17) is 33.0 Å². The van der Waals surface area contributed by atoms with Crippen LogP contribution >= 0.6 is 39.1 Å². The van der Waals surface area contributed by atoms with Gasteiger partial charge in [0.05, 0.1) is 63.1 Å². The van der Waals surface area contributed by atoms with Crippen LogP contribution in [0.2, 0.25) is 10.0 Å². The van der Waals surface area contributed by atoms with Gasteiger partial charge in [0.25, 0.3) is 0 Å². The predicted octanol–water partition coefficient (Wildman–Crippen LogP) is 5.55. The fourth-order valence-electron chi connectivity index (χ4n) is 6.20. The molecule has 3 fully saturated rings. The molecule has 9 heteroatoms. The largest absolute Gasteiger partial charge is 0.370 e. The Hall–Kier alpha value is -2.71. The summed E-state index contributed by atoms with van der Waals surface area (Å²) < 4.78 is 7.33. The maximum Gasteiger partial charge on any atom is 0.240 e. The molecule has 0 radical (unpaired) electrons. The monoisotopic (exact) mass is 581 g/mol. The minimum Gasteiger partial charge on any atom is -0.370 e.